The van der Waals surface area contributed by atoms with E-state index in [0.29, 0.717) is 5.01 Å². The smallest absolute Gasteiger partial charge is 0.243 e. The fourth-order valence-corrected chi connectivity index (χ4v) is 6.43. The minimum absolute atomic E-state index is 0.211. The molecule has 1 aliphatic heterocycles. The van der Waals surface area contributed by atoms with Crippen molar-refractivity contribution in [2.24, 2.45) is 4.99 Å². The van der Waals surface area contributed by atoms with Crippen LogP contribution in [0.2, 0.25) is 0 Å². The number of Topliss-reactive ketones (excluding diaryl/α,β-unsaturated/α-hetero) is 1. The number of aromatic amines is 1. The summed E-state index contributed by atoms with van der Waals surface area (Å²) < 4.78 is 0. The van der Waals surface area contributed by atoms with Gasteiger partial charge in [0.05, 0.1) is 17.6 Å². The Hall–Kier alpha value is -4.29. The largest absolute Gasteiger partial charge is 0.361 e. The number of aliphatic imine (C=N–C) groups is 1. The first kappa shape index (κ1) is 30.2. The highest BCUT2D eigenvalue weighted by atomic mass is 32.2. The third-order valence-electron chi connectivity index (χ3n) is 7.05. The second-order valence-corrected chi connectivity index (χ2v) is 12.0. The molecule has 1 aliphatic rings. The number of thiazole rings is 1. The van der Waals surface area contributed by atoms with Crippen molar-refractivity contribution in [2.75, 3.05) is 18.8 Å². The Labute approximate surface area is 257 Å². The van der Waals surface area contributed by atoms with Crippen LogP contribution in [0.1, 0.15) is 39.8 Å². The SMILES string of the molecule is CCC(=O)NC(Cc1ccccc1C1=NCCS1)C(=O)NCC(=O)NC(Cc1c[nH]c2ccccc12)C(=O)c1nccs1. The Morgan fingerprint density at radius 2 is 1.72 bits per heavy atom. The van der Waals surface area contributed by atoms with Crippen LogP contribution in [0.15, 0.2) is 71.3 Å². The Morgan fingerprint density at radius 3 is 2.49 bits per heavy atom. The van der Waals surface area contributed by atoms with Gasteiger partial charge in [0.15, 0.2) is 5.01 Å². The third kappa shape index (κ3) is 7.57. The van der Waals surface area contributed by atoms with Gasteiger partial charge in [0, 0.05) is 65.8 Å². The van der Waals surface area contributed by atoms with Crippen LogP contribution in [0.3, 0.4) is 0 Å². The molecule has 3 amide bonds. The molecule has 0 spiro atoms. The second kappa shape index (κ2) is 14.3. The molecule has 0 aliphatic carbocycles. The minimum Gasteiger partial charge on any atom is -0.361 e. The fraction of sp³-hybridized carbons (Fsp3) is 0.290. The molecule has 4 N–H and O–H groups in total. The van der Waals surface area contributed by atoms with Crippen LogP contribution in [0.5, 0.6) is 0 Å². The third-order valence-corrected chi connectivity index (χ3v) is 8.84. The van der Waals surface area contributed by atoms with Crippen LogP contribution in [-0.4, -0.2) is 69.4 Å². The molecule has 5 rings (SSSR count). The van der Waals surface area contributed by atoms with Gasteiger partial charge < -0.3 is 20.9 Å². The molecule has 222 valence electrons. The van der Waals surface area contributed by atoms with E-state index in [1.54, 1.807) is 30.3 Å². The Balaban J connectivity index is 1.27. The van der Waals surface area contributed by atoms with Gasteiger partial charge in [-0.3, -0.25) is 24.2 Å². The molecule has 4 aromatic rings. The molecule has 12 heteroatoms. The number of carbonyl (C=O) groups is 4. The van der Waals surface area contributed by atoms with Crippen molar-refractivity contribution < 1.29 is 19.2 Å². The molecule has 0 saturated carbocycles. The van der Waals surface area contributed by atoms with E-state index in [1.165, 1.54) is 11.3 Å². The molecule has 3 heterocycles. The molecular formula is C31H32N6O4S2. The number of benzene rings is 2. The normalized spacial score (nSPS) is 14.1. The highest BCUT2D eigenvalue weighted by Crippen LogP contribution is 2.23. The summed E-state index contributed by atoms with van der Waals surface area (Å²) in [6, 6.07) is 13.6. The predicted octanol–water partition coefficient (Wildman–Crippen LogP) is 3.28. The van der Waals surface area contributed by atoms with E-state index in [2.05, 4.69) is 30.9 Å². The quantitative estimate of drug-likeness (QED) is 0.170. The van der Waals surface area contributed by atoms with E-state index in [1.807, 2.05) is 54.7 Å². The predicted molar refractivity (Wildman–Crippen MR) is 170 cm³/mol. The molecule has 43 heavy (non-hydrogen) atoms. The maximum absolute atomic E-state index is 13.3. The zero-order valence-corrected chi connectivity index (χ0v) is 25.2. The molecule has 0 fully saturated rings. The lowest BCUT2D eigenvalue weighted by atomic mass is 9.99. The lowest BCUT2D eigenvalue weighted by Gasteiger charge is -2.21. The maximum atomic E-state index is 13.3. The average molecular weight is 617 g/mol. The fourth-order valence-electron chi connectivity index (χ4n) is 4.89. The molecule has 2 atom stereocenters. The zero-order valence-electron chi connectivity index (χ0n) is 23.6. The van der Waals surface area contributed by atoms with E-state index < -0.39 is 23.9 Å². The van der Waals surface area contributed by atoms with Crippen LogP contribution in [0.4, 0.5) is 0 Å². The first-order valence-corrected chi connectivity index (χ1v) is 15.9. The van der Waals surface area contributed by atoms with Crippen molar-refractivity contribution in [1.82, 2.24) is 25.9 Å². The second-order valence-electron chi connectivity index (χ2n) is 9.97. The Kier molecular flexibility index (Phi) is 10.0. The van der Waals surface area contributed by atoms with Crippen molar-refractivity contribution in [3.05, 3.63) is 88.0 Å². The van der Waals surface area contributed by atoms with Gasteiger partial charge >= 0.3 is 0 Å². The summed E-state index contributed by atoms with van der Waals surface area (Å²) in [4.78, 5) is 64.0. The lowest BCUT2D eigenvalue weighted by molar-refractivity contribution is -0.130. The van der Waals surface area contributed by atoms with Gasteiger partial charge in [0.2, 0.25) is 23.5 Å². The Morgan fingerprint density at radius 1 is 0.953 bits per heavy atom. The molecule has 2 aromatic carbocycles. The molecule has 0 radical (unpaired) electrons. The summed E-state index contributed by atoms with van der Waals surface area (Å²) in [5, 5.41) is 12.1. The number of nitrogens with one attached hydrogen (secondary N) is 4. The van der Waals surface area contributed by atoms with Gasteiger partial charge in [0.25, 0.3) is 0 Å². The molecular weight excluding hydrogens is 585 g/mol. The van der Waals surface area contributed by atoms with Crippen LogP contribution in [-0.2, 0) is 27.2 Å². The monoisotopic (exact) mass is 616 g/mol. The number of nitrogens with zero attached hydrogens (tertiary/aromatic N) is 2. The number of aromatic nitrogens is 2. The highest BCUT2D eigenvalue weighted by Gasteiger charge is 2.27. The van der Waals surface area contributed by atoms with Crippen molar-refractivity contribution in [3.63, 3.8) is 0 Å². The summed E-state index contributed by atoms with van der Waals surface area (Å²) in [5.74, 6) is -0.699. The number of H-pyrrole nitrogens is 1. The molecule has 2 aromatic heterocycles. The summed E-state index contributed by atoms with van der Waals surface area (Å²) in [6.07, 6.45) is 4.07. The van der Waals surface area contributed by atoms with Gasteiger partial charge in [-0.1, -0.05) is 49.4 Å². The maximum Gasteiger partial charge on any atom is 0.243 e. The van der Waals surface area contributed by atoms with Crippen LogP contribution in [0.25, 0.3) is 10.9 Å². The number of ketones is 1. The summed E-state index contributed by atoms with van der Waals surface area (Å²) >= 11 is 2.87. The molecule has 2 unspecified atom stereocenters. The van der Waals surface area contributed by atoms with Gasteiger partial charge in [-0.2, -0.15) is 0 Å². The van der Waals surface area contributed by atoms with Gasteiger partial charge in [-0.25, -0.2) is 4.98 Å². The van der Waals surface area contributed by atoms with Crippen molar-refractivity contribution in [1.29, 1.82) is 0 Å². The Bertz CT molecular complexity index is 1650. The topological polar surface area (TPSA) is 145 Å². The van der Waals surface area contributed by atoms with Crippen molar-refractivity contribution in [3.8, 4) is 0 Å². The molecule has 10 nitrogen and oxygen atoms in total. The van der Waals surface area contributed by atoms with Gasteiger partial charge in [-0.15, -0.1) is 23.1 Å². The van der Waals surface area contributed by atoms with Crippen LogP contribution < -0.4 is 16.0 Å². The number of rotatable bonds is 13. The van der Waals surface area contributed by atoms with E-state index in [4.69, 9.17) is 0 Å². The van der Waals surface area contributed by atoms with Crippen LogP contribution in [0, 0.1) is 0 Å². The summed E-state index contributed by atoms with van der Waals surface area (Å²) in [5.41, 5.74) is 3.62. The van der Waals surface area contributed by atoms with E-state index >= 15 is 0 Å². The standard InChI is InChI=1S/C31H32N6O4S2/c1-2-26(38)37-25(15-19-7-3-4-9-22(19)30-32-11-13-42-30)29(41)35-18-27(39)36-24(28(40)31-33-12-14-43-31)16-20-17-34-23-10-6-5-8-21(20)23/h3-10,12,14,17,24-25,34H,2,11,13,15-16,18H2,1H3,(H,35,41)(H,36,39)(H,37,38). The average Bonchev–Trinajstić information content (AvgIpc) is 3.82. The van der Waals surface area contributed by atoms with Crippen molar-refractivity contribution >= 4 is 62.6 Å². The van der Waals surface area contributed by atoms with Gasteiger partial charge in [0.1, 0.15) is 6.04 Å². The zero-order chi connectivity index (χ0) is 30.2. The number of thioether (sulfide) groups is 1. The highest BCUT2D eigenvalue weighted by molar-refractivity contribution is 8.14. The van der Waals surface area contributed by atoms with E-state index in [9.17, 15) is 19.2 Å². The molecule has 0 bridgehead atoms. The number of carbonyl (C=O) groups excluding carboxylic acids is 4. The number of hydrogen-bond acceptors (Lipinski definition) is 8. The van der Waals surface area contributed by atoms with Crippen LogP contribution >= 0.6 is 23.1 Å². The van der Waals surface area contributed by atoms with Crippen molar-refractivity contribution in [2.45, 2.75) is 38.3 Å². The van der Waals surface area contributed by atoms with E-state index in [-0.39, 0.29) is 37.5 Å². The van der Waals surface area contributed by atoms with E-state index in [0.717, 1.165) is 44.9 Å². The first-order valence-electron chi connectivity index (χ1n) is 14.0. The number of amides is 3. The number of fused-ring (bicyclic) bond motifs is 1. The summed E-state index contributed by atoms with van der Waals surface area (Å²) in [6.45, 7) is 2.09. The summed E-state index contributed by atoms with van der Waals surface area (Å²) in [7, 11) is 0. The number of hydrogen-bond donors (Lipinski definition) is 4. The minimum atomic E-state index is -0.896. The van der Waals surface area contributed by atoms with Gasteiger partial charge in [-0.05, 0) is 17.2 Å². The lowest BCUT2D eigenvalue weighted by Crippen LogP contribution is -2.51. The molecule has 0 saturated heterocycles. The number of para-hydroxylation sites is 1. The first-order chi connectivity index (χ1) is 20.9.